The van der Waals surface area contributed by atoms with Gasteiger partial charge in [0.2, 0.25) is 15.9 Å². The monoisotopic (exact) mass is 375 g/mol. The molecule has 1 heterocycles. The number of nitrogens with one attached hydrogen (secondary N) is 1. The number of sulfonamides is 1. The molecule has 1 amide bonds. The van der Waals surface area contributed by atoms with Crippen LogP contribution in [0.2, 0.25) is 0 Å². The molecule has 0 radical (unpaired) electrons. The maximum atomic E-state index is 14.2. The van der Waals surface area contributed by atoms with Crippen molar-refractivity contribution in [2.45, 2.75) is 19.4 Å². The Morgan fingerprint density at radius 3 is 2.50 bits per heavy atom. The van der Waals surface area contributed by atoms with Gasteiger partial charge < -0.3 is 0 Å². The summed E-state index contributed by atoms with van der Waals surface area (Å²) in [4.78, 5) is 12.0. The van der Waals surface area contributed by atoms with Crippen molar-refractivity contribution < 1.29 is 17.6 Å². The molecule has 2 aromatic rings. The Morgan fingerprint density at radius 1 is 1.19 bits per heavy atom. The van der Waals surface area contributed by atoms with Crippen molar-refractivity contribution in [3.05, 3.63) is 65.5 Å². The molecule has 0 saturated carbocycles. The lowest BCUT2D eigenvalue weighted by Crippen LogP contribution is -2.25. The molecule has 136 valence electrons. The first kappa shape index (κ1) is 18.1. The highest BCUT2D eigenvalue weighted by Gasteiger charge is 2.33. The second-order valence-corrected chi connectivity index (χ2v) is 7.82. The predicted molar refractivity (Wildman–Crippen MR) is 97.7 cm³/mol. The fraction of sp³-hybridized carbons (Fsp3) is 0.222. The van der Waals surface area contributed by atoms with E-state index in [1.165, 1.54) is 18.0 Å². The molecule has 26 heavy (non-hydrogen) atoms. The molecule has 1 aliphatic rings. The van der Waals surface area contributed by atoms with Gasteiger partial charge in [-0.2, -0.15) is 5.10 Å². The van der Waals surface area contributed by atoms with Crippen molar-refractivity contribution in [1.82, 2.24) is 5.01 Å². The van der Waals surface area contributed by atoms with Crippen LogP contribution in [-0.4, -0.2) is 31.3 Å². The molecule has 1 N–H and O–H groups in total. The van der Waals surface area contributed by atoms with Crippen molar-refractivity contribution in [3.63, 3.8) is 0 Å². The zero-order chi connectivity index (χ0) is 18.9. The summed E-state index contributed by atoms with van der Waals surface area (Å²) in [5.74, 6) is -0.732. The summed E-state index contributed by atoms with van der Waals surface area (Å²) in [5.41, 5.74) is 1.81. The Balaban J connectivity index is 2.02. The Kier molecular flexibility index (Phi) is 4.78. The van der Waals surface area contributed by atoms with Gasteiger partial charge in [-0.25, -0.2) is 17.8 Å². The number of para-hydroxylation sites is 1. The number of anilines is 1. The van der Waals surface area contributed by atoms with Gasteiger partial charge in [-0.15, -0.1) is 0 Å². The van der Waals surface area contributed by atoms with Crippen LogP contribution in [0.15, 0.2) is 53.6 Å². The lowest BCUT2D eigenvalue weighted by Gasteiger charge is -2.20. The second-order valence-electron chi connectivity index (χ2n) is 6.07. The minimum absolute atomic E-state index is 0.281. The first-order chi connectivity index (χ1) is 12.3. The van der Waals surface area contributed by atoms with Crippen LogP contribution >= 0.6 is 0 Å². The molecule has 0 bridgehead atoms. The first-order valence-electron chi connectivity index (χ1n) is 7.95. The van der Waals surface area contributed by atoms with E-state index >= 15 is 0 Å². The largest absolute Gasteiger partial charge is 0.283 e. The van der Waals surface area contributed by atoms with E-state index in [2.05, 4.69) is 9.82 Å². The van der Waals surface area contributed by atoms with Gasteiger partial charge >= 0.3 is 0 Å². The Morgan fingerprint density at radius 2 is 1.85 bits per heavy atom. The summed E-state index contributed by atoms with van der Waals surface area (Å²) in [6, 6.07) is 12.5. The Labute approximate surface area is 151 Å². The Bertz CT molecular complexity index is 989. The molecule has 8 heteroatoms. The van der Waals surface area contributed by atoms with Crippen molar-refractivity contribution in [3.8, 4) is 0 Å². The van der Waals surface area contributed by atoms with Gasteiger partial charge in [0, 0.05) is 24.5 Å². The van der Waals surface area contributed by atoms with Crippen molar-refractivity contribution >= 4 is 27.3 Å². The zero-order valence-electron chi connectivity index (χ0n) is 14.3. The molecular weight excluding hydrogens is 357 g/mol. The number of benzene rings is 2. The number of carbonyl (C=O) groups is 1. The molecule has 3 rings (SSSR count). The smallest absolute Gasteiger partial charge is 0.240 e. The summed E-state index contributed by atoms with van der Waals surface area (Å²) >= 11 is 0. The van der Waals surface area contributed by atoms with Crippen molar-refractivity contribution in [1.29, 1.82) is 0 Å². The van der Waals surface area contributed by atoms with E-state index in [-0.39, 0.29) is 12.3 Å². The van der Waals surface area contributed by atoms with Crippen LogP contribution in [0.4, 0.5) is 10.1 Å². The van der Waals surface area contributed by atoms with E-state index in [1.807, 2.05) is 0 Å². The second kappa shape index (κ2) is 6.87. The molecule has 1 aliphatic heterocycles. The number of nitrogens with zero attached hydrogens (tertiary/aromatic N) is 2. The standard InChI is InChI=1S/C18H18FN3O3S/c1-12(23)22-18(13-7-3-5-9-15(13)19)11-17(20-22)14-8-4-6-10-16(14)21-26(2,24)25/h3-10,18,21H,11H2,1-2H3/t18-/m0/s1. The quantitative estimate of drug-likeness (QED) is 0.892. The molecule has 0 unspecified atom stereocenters. The van der Waals surface area contributed by atoms with Crippen LogP contribution in [0.25, 0.3) is 0 Å². The number of rotatable bonds is 4. The van der Waals surface area contributed by atoms with Crippen LogP contribution in [-0.2, 0) is 14.8 Å². The molecule has 0 aromatic heterocycles. The van der Waals surface area contributed by atoms with E-state index in [0.29, 0.717) is 22.5 Å². The third kappa shape index (κ3) is 3.75. The number of hydrogen-bond donors (Lipinski definition) is 1. The first-order valence-corrected chi connectivity index (χ1v) is 9.84. The average molecular weight is 375 g/mol. The van der Waals surface area contributed by atoms with E-state index in [1.54, 1.807) is 42.5 Å². The fourth-order valence-corrected chi connectivity index (χ4v) is 3.55. The minimum Gasteiger partial charge on any atom is -0.283 e. The topological polar surface area (TPSA) is 78.8 Å². The van der Waals surface area contributed by atoms with Gasteiger partial charge in [-0.1, -0.05) is 36.4 Å². The maximum Gasteiger partial charge on any atom is 0.240 e. The van der Waals surface area contributed by atoms with E-state index < -0.39 is 21.9 Å². The molecule has 0 fully saturated rings. The summed E-state index contributed by atoms with van der Waals surface area (Å²) in [6.07, 6.45) is 1.34. The van der Waals surface area contributed by atoms with Crippen LogP contribution in [0.5, 0.6) is 0 Å². The summed E-state index contributed by atoms with van der Waals surface area (Å²) < 4.78 is 39.9. The van der Waals surface area contributed by atoms with Crippen molar-refractivity contribution in [2.24, 2.45) is 5.10 Å². The highest BCUT2D eigenvalue weighted by atomic mass is 32.2. The molecule has 6 nitrogen and oxygen atoms in total. The van der Waals surface area contributed by atoms with E-state index in [0.717, 1.165) is 6.26 Å². The molecule has 0 saturated heterocycles. The van der Waals surface area contributed by atoms with E-state index in [9.17, 15) is 17.6 Å². The van der Waals surface area contributed by atoms with Crippen LogP contribution in [0, 0.1) is 5.82 Å². The van der Waals surface area contributed by atoms with Crippen molar-refractivity contribution in [2.75, 3.05) is 11.0 Å². The number of amides is 1. The van der Waals surface area contributed by atoms with Gasteiger partial charge in [-0.05, 0) is 12.1 Å². The Hall–Kier alpha value is -2.74. The normalized spacial score (nSPS) is 17.1. The maximum absolute atomic E-state index is 14.2. The number of carbonyl (C=O) groups excluding carboxylic acids is 1. The van der Waals surface area contributed by atoms with Gasteiger partial charge in [0.15, 0.2) is 0 Å². The number of hydrazone groups is 1. The summed E-state index contributed by atoms with van der Waals surface area (Å²) in [5, 5.41) is 5.59. The SMILES string of the molecule is CC(=O)N1N=C(c2ccccc2NS(C)(=O)=O)C[C@H]1c1ccccc1F. The van der Waals surface area contributed by atoms with Gasteiger partial charge in [-0.3, -0.25) is 9.52 Å². The van der Waals surface area contributed by atoms with Gasteiger partial charge in [0.05, 0.1) is 23.7 Å². The van der Waals surface area contributed by atoms with Crippen LogP contribution in [0.1, 0.15) is 30.5 Å². The molecule has 2 aromatic carbocycles. The number of halogens is 1. The lowest BCUT2D eigenvalue weighted by molar-refractivity contribution is -0.130. The molecule has 0 aliphatic carbocycles. The molecule has 1 atom stereocenters. The minimum atomic E-state index is -3.48. The fourth-order valence-electron chi connectivity index (χ4n) is 2.97. The highest BCUT2D eigenvalue weighted by Crippen LogP contribution is 2.35. The summed E-state index contributed by atoms with van der Waals surface area (Å²) in [6.45, 7) is 1.36. The van der Waals surface area contributed by atoms with Crippen LogP contribution in [0.3, 0.4) is 0 Å². The average Bonchev–Trinajstić information content (AvgIpc) is 2.99. The van der Waals surface area contributed by atoms with E-state index in [4.69, 9.17) is 0 Å². The lowest BCUT2D eigenvalue weighted by atomic mass is 9.97. The van der Waals surface area contributed by atoms with Gasteiger partial charge in [0.1, 0.15) is 5.82 Å². The predicted octanol–water partition coefficient (Wildman–Crippen LogP) is 2.89. The third-order valence-electron chi connectivity index (χ3n) is 4.03. The zero-order valence-corrected chi connectivity index (χ0v) is 15.1. The van der Waals surface area contributed by atoms with Gasteiger partial charge in [0.25, 0.3) is 0 Å². The number of hydrogen-bond acceptors (Lipinski definition) is 4. The third-order valence-corrected chi connectivity index (χ3v) is 4.62. The highest BCUT2D eigenvalue weighted by molar-refractivity contribution is 7.92. The van der Waals surface area contributed by atoms with Crippen LogP contribution < -0.4 is 4.72 Å². The molecular formula is C18H18FN3O3S. The molecule has 0 spiro atoms. The summed E-state index contributed by atoms with van der Waals surface area (Å²) in [7, 11) is -3.48.